The van der Waals surface area contributed by atoms with Gasteiger partial charge in [-0.25, -0.2) is 5.01 Å². The Bertz CT molecular complexity index is 946. The van der Waals surface area contributed by atoms with Crippen LogP contribution in [0, 0.1) is 6.92 Å². The highest BCUT2D eigenvalue weighted by Crippen LogP contribution is 2.35. The first-order chi connectivity index (χ1) is 12.1. The molecule has 4 rings (SSSR count). The molecule has 0 saturated carbocycles. The van der Waals surface area contributed by atoms with Crippen molar-refractivity contribution in [3.8, 4) is 0 Å². The number of furan rings is 1. The Morgan fingerprint density at radius 3 is 2.84 bits per heavy atom. The maximum Gasteiger partial charge on any atom is 0.310 e. The summed E-state index contributed by atoms with van der Waals surface area (Å²) in [5.74, 6) is 0.0458. The van der Waals surface area contributed by atoms with Crippen LogP contribution in [0.3, 0.4) is 0 Å². The van der Waals surface area contributed by atoms with Crippen molar-refractivity contribution in [2.24, 2.45) is 5.10 Å². The van der Waals surface area contributed by atoms with Crippen LogP contribution in [0.2, 0.25) is 0 Å². The van der Waals surface area contributed by atoms with E-state index in [0.29, 0.717) is 11.1 Å². The molecule has 1 aliphatic rings. The van der Waals surface area contributed by atoms with Crippen molar-refractivity contribution in [2.75, 3.05) is 0 Å². The van der Waals surface area contributed by atoms with E-state index in [1.165, 1.54) is 0 Å². The number of nitrogens with zero attached hydrogens (tertiary/aromatic N) is 2. The first kappa shape index (κ1) is 16.3. The van der Waals surface area contributed by atoms with Crippen molar-refractivity contribution >= 4 is 38.9 Å². The first-order valence-corrected chi connectivity index (χ1v) is 9.56. The van der Waals surface area contributed by atoms with Crippen LogP contribution in [0.1, 0.15) is 39.0 Å². The number of carbonyl (C=O) groups excluding carboxylic acids is 1. The fraction of sp³-hybridized carbons (Fsp3) is 0.158. The molecule has 0 N–H and O–H groups in total. The van der Waals surface area contributed by atoms with Crippen molar-refractivity contribution in [1.82, 2.24) is 5.01 Å². The minimum atomic E-state index is -0.233. The highest BCUT2D eigenvalue weighted by Gasteiger charge is 2.35. The van der Waals surface area contributed by atoms with E-state index in [-0.39, 0.29) is 17.7 Å². The fourth-order valence-electron chi connectivity index (χ4n) is 2.97. The summed E-state index contributed by atoms with van der Waals surface area (Å²) in [6.07, 6.45) is 0.692. The van der Waals surface area contributed by atoms with Crippen LogP contribution in [0.25, 0.3) is 0 Å². The van der Waals surface area contributed by atoms with Crippen LogP contribution in [0.15, 0.2) is 68.1 Å². The lowest BCUT2D eigenvalue weighted by Gasteiger charge is -2.21. The first-order valence-electron chi connectivity index (χ1n) is 7.88. The molecule has 6 heteroatoms. The van der Waals surface area contributed by atoms with Gasteiger partial charge in [0, 0.05) is 6.42 Å². The van der Waals surface area contributed by atoms with Gasteiger partial charge < -0.3 is 4.42 Å². The van der Waals surface area contributed by atoms with Gasteiger partial charge in [-0.3, -0.25) is 4.79 Å². The Kier molecular flexibility index (Phi) is 4.31. The molecule has 0 bridgehead atoms. The summed E-state index contributed by atoms with van der Waals surface area (Å²) in [6, 6.07) is 15.5. The summed E-state index contributed by atoms with van der Waals surface area (Å²) in [7, 11) is 0. The van der Waals surface area contributed by atoms with Gasteiger partial charge in [-0.05, 0) is 52.0 Å². The molecule has 3 aromatic rings. The molecule has 0 fully saturated rings. The molecule has 2 aromatic heterocycles. The molecular weight excluding hydrogens is 400 g/mol. The summed E-state index contributed by atoms with van der Waals surface area (Å²) in [5, 5.41) is 8.21. The number of carbonyl (C=O) groups is 1. The number of aryl methyl sites for hydroxylation is 1. The molecule has 0 spiro atoms. The van der Waals surface area contributed by atoms with E-state index in [9.17, 15) is 4.79 Å². The Hall–Kier alpha value is -2.18. The van der Waals surface area contributed by atoms with Crippen molar-refractivity contribution < 1.29 is 9.21 Å². The lowest BCUT2D eigenvalue weighted by molar-refractivity contribution is 0.0677. The van der Waals surface area contributed by atoms with Gasteiger partial charge in [0.1, 0.15) is 0 Å². The summed E-state index contributed by atoms with van der Waals surface area (Å²) < 4.78 is 5.98. The standard InChI is InChI=1S/C19H15BrN2O2S/c1-12-4-2-5-13(10-12)15-11-14(17-6-3-9-25-17)21-22(15)19(23)16-7-8-18(20)24-16/h2-10,15H,11H2,1H3. The smallest absolute Gasteiger partial charge is 0.310 e. The lowest BCUT2D eigenvalue weighted by Crippen LogP contribution is -2.26. The molecule has 1 amide bonds. The van der Waals surface area contributed by atoms with Crippen molar-refractivity contribution in [3.05, 3.63) is 80.3 Å². The Balaban J connectivity index is 1.73. The normalized spacial score (nSPS) is 17.0. The van der Waals surface area contributed by atoms with E-state index in [0.717, 1.165) is 21.7 Å². The number of halogens is 1. The molecular formula is C19H15BrN2O2S. The van der Waals surface area contributed by atoms with E-state index in [1.54, 1.807) is 28.5 Å². The van der Waals surface area contributed by atoms with Crippen LogP contribution in [-0.2, 0) is 0 Å². The Morgan fingerprint density at radius 2 is 2.16 bits per heavy atom. The molecule has 1 aliphatic heterocycles. The SMILES string of the molecule is Cc1cccc(C2CC(c3cccs3)=NN2C(=O)c2ccc(Br)o2)c1. The van der Waals surface area contributed by atoms with Crippen molar-refractivity contribution in [3.63, 3.8) is 0 Å². The third-order valence-corrected chi connectivity index (χ3v) is 5.48. The number of thiophene rings is 1. The molecule has 1 unspecified atom stereocenters. The highest BCUT2D eigenvalue weighted by molar-refractivity contribution is 9.10. The highest BCUT2D eigenvalue weighted by atomic mass is 79.9. The zero-order chi connectivity index (χ0) is 17.4. The van der Waals surface area contributed by atoms with Crippen molar-refractivity contribution in [1.29, 1.82) is 0 Å². The zero-order valence-corrected chi connectivity index (χ0v) is 15.9. The molecule has 1 atom stereocenters. The summed E-state index contributed by atoms with van der Waals surface area (Å²) in [5.41, 5.74) is 3.17. The largest absolute Gasteiger partial charge is 0.444 e. The molecule has 0 aliphatic carbocycles. The van der Waals surface area contributed by atoms with Crippen LogP contribution in [-0.4, -0.2) is 16.6 Å². The van der Waals surface area contributed by atoms with Gasteiger partial charge in [0.15, 0.2) is 10.4 Å². The van der Waals surface area contributed by atoms with Gasteiger partial charge in [-0.2, -0.15) is 5.10 Å². The van der Waals surface area contributed by atoms with Gasteiger partial charge in [-0.15, -0.1) is 11.3 Å². The van der Waals surface area contributed by atoms with Crippen LogP contribution < -0.4 is 0 Å². The number of hydrazone groups is 1. The molecule has 126 valence electrons. The third-order valence-electron chi connectivity index (χ3n) is 4.13. The maximum atomic E-state index is 13.0. The number of hydrogen-bond donors (Lipinski definition) is 0. The molecule has 4 nitrogen and oxygen atoms in total. The quantitative estimate of drug-likeness (QED) is 0.575. The van der Waals surface area contributed by atoms with E-state index >= 15 is 0 Å². The number of rotatable bonds is 3. The van der Waals surface area contributed by atoms with Gasteiger partial charge in [0.25, 0.3) is 0 Å². The van der Waals surface area contributed by atoms with E-state index in [1.807, 2.05) is 29.6 Å². The second-order valence-corrected chi connectivity index (χ2v) is 7.64. The Morgan fingerprint density at radius 1 is 1.28 bits per heavy atom. The van der Waals surface area contributed by atoms with Crippen LogP contribution >= 0.6 is 27.3 Å². The number of hydrogen-bond acceptors (Lipinski definition) is 4. The van der Waals surface area contributed by atoms with Gasteiger partial charge >= 0.3 is 5.91 Å². The Labute approximate surface area is 157 Å². The van der Waals surface area contributed by atoms with E-state index in [2.05, 4.69) is 40.1 Å². The predicted octanol–water partition coefficient (Wildman–Crippen LogP) is 5.40. The van der Waals surface area contributed by atoms with Gasteiger partial charge in [0.2, 0.25) is 0 Å². The van der Waals surface area contributed by atoms with Gasteiger partial charge in [-0.1, -0.05) is 35.9 Å². The minimum absolute atomic E-state index is 0.131. The third kappa shape index (κ3) is 3.19. The summed E-state index contributed by atoms with van der Waals surface area (Å²) >= 11 is 4.88. The molecule has 1 aromatic carbocycles. The second kappa shape index (κ2) is 6.61. The van der Waals surface area contributed by atoms with E-state index < -0.39 is 0 Å². The van der Waals surface area contributed by atoms with Crippen LogP contribution in [0.4, 0.5) is 0 Å². The average Bonchev–Trinajstić information content (AvgIpc) is 3.34. The monoisotopic (exact) mass is 414 g/mol. The predicted molar refractivity (Wildman–Crippen MR) is 102 cm³/mol. The van der Waals surface area contributed by atoms with Gasteiger partial charge in [0.05, 0.1) is 16.6 Å². The maximum absolute atomic E-state index is 13.0. The second-order valence-electron chi connectivity index (χ2n) is 5.91. The topological polar surface area (TPSA) is 45.8 Å². The molecule has 25 heavy (non-hydrogen) atoms. The summed E-state index contributed by atoms with van der Waals surface area (Å²) in [4.78, 5) is 14.0. The molecule has 0 saturated heterocycles. The molecule has 3 heterocycles. The van der Waals surface area contributed by atoms with Crippen molar-refractivity contribution in [2.45, 2.75) is 19.4 Å². The number of benzene rings is 1. The lowest BCUT2D eigenvalue weighted by atomic mass is 9.99. The molecule has 0 radical (unpaired) electrons. The number of amides is 1. The summed E-state index contributed by atoms with van der Waals surface area (Å²) in [6.45, 7) is 2.05. The minimum Gasteiger partial charge on any atom is -0.444 e. The van der Waals surface area contributed by atoms with E-state index in [4.69, 9.17) is 4.42 Å². The van der Waals surface area contributed by atoms with Crippen LogP contribution in [0.5, 0.6) is 0 Å². The average molecular weight is 415 g/mol. The zero-order valence-electron chi connectivity index (χ0n) is 13.5. The fourth-order valence-corrected chi connectivity index (χ4v) is 4.00.